The highest BCUT2D eigenvalue weighted by Gasteiger charge is 2.13. The average Bonchev–Trinajstić information content (AvgIpc) is 2.98. The minimum absolute atomic E-state index is 0.181. The lowest BCUT2D eigenvalue weighted by atomic mass is 10.2. The summed E-state index contributed by atoms with van der Waals surface area (Å²) in [5.74, 6) is -0.426. The van der Waals surface area contributed by atoms with Crippen molar-refractivity contribution in [2.45, 2.75) is 0 Å². The van der Waals surface area contributed by atoms with E-state index in [9.17, 15) is 9.90 Å². The SMILES string of the molecule is O=C(O)c1cccc2[nH]c(-c3ccc4ccccc4n3)nc12. The van der Waals surface area contributed by atoms with Gasteiger partial charge in [0.2, 0.25) is 0 Å². The minimum atomic E-state index is -0.991. The number of aromatic carboxylic acids is 1. The molecular weight excluding hydrogens is 278 g/mol. The number of para-hydroxylation sites is 2. The molecule has 0 saturated heterocycles. The summed E-state index contributed by atoms with van der Waals surface area (Å²) in [6.07, 6.45) is 0. The number of carbonyl (C=O) groups is 1. The predicted molar refractivity (Wildman–Crippen MR) is 83.8 cm³/mol. The monoisotopic (exact) mass is 289 g/mol. The van der Waals surface area contributed by atoms with Crippen molar-refractivity contribution in [2.24, 2.45) is 0 Å². The van der Waals surface area contributed by atoms with E-state index in [2.05, 4.69) is 15.0 Å². The maximum atomic E-state index is 11.3. The van der Waals surface area contributed by atoms with Crippen LogP contribution in [0.3, 0.4) is 0 Å². The molecule has 0 radical (unpaired) electrons. The van der Waals surface area contributed by atoms with Crippen LogP contribution in [-0.4, -0.2) is 26.0 Å². The first-order valence-electron chi connectivity index (χ1n) is 6.80. The summed E-state index contributed by atoms with van der Waals surface area (Å²) < 4.78 is 0. The van der Waals surface area contributed by atoms with Crippen LogP contribution in [0.15, 0.2) is 54.6 Å². The van der Waals surface area contributed by atoms with Gasteiger partial charge in [0.1, 0.15) is 11.2 Å². The molecule has 0 atom stereocenters. The number of aromatic amines is 1. The Morgan fingerprint density at radius 2 is 1.82 bits per heavy atom. The fourth-order valence-electron chi connectivity index (χ4n) is 2.52. The molecule has 0 amide bonds. The quantitative estimate of drug-likeness (QED) is 0.592. The van der Waals surface area contributed by atoms with Crippen LogP contribution in [-0.2, 0) is 0 Å². The van der Waals surface area contributed by atoms with Gasteiger partial charge in [0, 0.05) is 5.39 Å². The number of pyridine rings is 1. The van der Waals surface area contributed by atoms with Crippen molar-refractivity contribution >= 4 is 27.9 Å². The zero-order chi connectivity index (χ0) is 15.1. The zero-order valence-electron chi connectivity index (χ0n) is 11.4. The summed E-state index contributed by atoms with van der Waals surface area (Å²) >= 11 is 0. The van der Waals surface area contributed by atoms with Crippen LogP contribution in [0.2, 0.25) is 0 Å². The topological polar surface area (TPSA) is 78.9 Å². The van der Waals surface area contributed by atoms with Gasteiger partial charge in [-0.25, -0.2) is 14.8 Å². The number of carboxylic acid groups (broad SMARTS) is 1. The van der Waals surface area contributed by atoms with Crippen molar-refractivity contribution in [3.05, 3.63) is 60.2 Å². The average molecular weight is 289 g/mol. The highest BCUT2D eigenvalue weighted by atomic mass is 16.4. The van der Waals surface area contributed by atoms with Gasteiger partial charge < -0.3 is 10.1 Å². The number of imidazole rings is 1. The van der Waals surface area contributed by atoms with E-state index in [-0.39, 0.29) is 5.56 Å². The molecular formula is C17H11N3O2. The van der Waals surface area contributed by atoms with Gasteiger partial charge in [0.15, 0.2) is 5.82 Å². The third kappa shape index (κ3) is 1.91. The number of nitrogens with zero attached hydrogens (tertiary/aromatic N) is 2. The number of hydrogen-bond acceptors (Lipinski definition) is 3. The van der Waals surface area contributed by atoms with Crippen LogP contribution in [0.4, 0.5) is 0 Å². The van der Waals surface area contributed by atoms with Crippen LogP contribution >= 0.6 is 0 Å². The first kappa shape index (κ1) is 12.5. The van der Waals surface area contributed by atoms with Gasteiger partial charge in [-0.15, -0.1) is 0 Å². The van der Waals surface area contributed by atoms with Gasteiger partial charge in [-0.1, -0.05) is 30.3 Å². The maximum absolute atomic E-state index is 11.3. The second kappa shape index (κ2) is 4.66. The smallest absolute Gasteiger partial charge is 0.337 e. The molecule has 0 bridgehead atoms. The number of H-pyrrole nitrogens is 1. The number of fused-ring (bicyclic) bond motifs is 2. The maximum Gasteiger partial charge on any atom is 0.337 e. The Balaban J connectivity index is 1.92. The Labute approximate surface area is 125 Å². The fraction of sp³-hybridized carbons (Fsp3) is 0. The Hall–Kier alpha value is -3.21. The second-order valence-corrected chi connectivity index (χ2v) is 4.98. The van der Waals surface area contributed by atoms with Crippen LogP contribution in [0, 0.1) is 0 Å². The van der Waals surface area contributed by atoms with Crippen LogP contribution < -0.4 is 0 Å². The lowest BCUT2D eigenvalue weighted by Gasteiger charge is -1.99. The molecule has 2 N–H and O–H groups in total. The van der Waals surface area contributed by atoms with E-state index in [1.54, 1.807) is 18.2 Å². The molecule has 0 spiro atoms. The molecule has 106 valence electrons. The van der Waals surface area contributed by atoms with Crippen molar-refractivity contribution in [2.75, 3.05) is 0 Å². The van der Waals surface area contributed by atoms with Gasteiger partial charge in [-0.05, 0) is 24.3 Å². The van der Waals surface area contributed by atoms with Crippen molar-refractivity contribution in [1.29, 1.82) is 0 Å². The van der Waals surface area contributed by atoms with Crippen LogP contribution in [0.25, 0.3) is 33.5 Å². The highest BCUT2D eigenvalue weighted by molar-refractivity contribution is 6.01. The fourth-order valence-corrected chi connectivity index (χ4v) is 2.52. The predicted octanol–water partition coefficient (Wildman–Crippen LogP) is 3.48. The number of aromatic nitrogens is 3. The van der Waals surface area contributed by atoms with Crippen molar-refractivity contribution in [1.82, 2.24) is 15.0 Å². The number of benzene rings is 2. The summed E-state index contributed by atoms with van der Waals surface area (Å²) in [5.41, 5.74) is 2.87. The Morgan fingerprint density at radius 1 is 0.955 bits per heavy atom. The summed E-state index contributed by atoms with van der Waals surface area (Å²) in [4.78, 5) is 23.4. The summed E-state index contributed by atoms with van der Waals surface area (Å²) in [7, 11) is 0. The molecule has 0 aliphatic carbocycles. The zero-order valence-corrected chi connectivity index (χ0v) is 11.4. The Morgan fingerprint density at radius 3 is 2.68 bits per heavy atom. The van der Waals surface area contributed by atoms with Gasteiger partial charge in [0.05, 0.1) is 16.6 Å². The first-order chi connectivity index (χ1) is 10.7. The first-order valence-corrected chi connectivity index (χ1v) is 6.80. The van der Waals surface area contributed by atoms with Crippen molar-refractivity contribution in [3.8, 4) is 11.5 Å². The van der Waals surface area contributed by atoms with E-state index in [1.807, 2.05) is 36.4 Å². The highest BCUT2D eigenvalue weighted by Crippen LogP contribution is 2.23. The Bertz CT molecular complexity index is 1020. The molecule has 4 rings (SSSR count). The van der Waals surface area contributed by atoms with E-state index in [1.165, 1.54) is 0 Å². The summed E-state index contributed by atoms with van der Waals surface area (Å²) in [6, 6.07) is 16.7. The number of nitrogens with one attached hydrogen (secondary N) is 1. The molecule has 0 saturated carbocycles. The third-order valence-electron chi connectivity index (χ3n) is 3.58. The Kier molecular flexibility index (Phi) is 2.66. The van der Waals surface area contributed by atoms with E-state index >= 15 is 0 Å². The van der Waals surface area contributed by atoms with Crippen molar-refractivity contribution in [3.63, 3.8) is 0 Å². The van der Waals surface area contributed by atoms with E-state index in [0.29, 0.717) is 22.6 Å². The minimum Gasteiger partial charge on any atom is -0.478 e. The molecule has 22 heavy (non-hydrogen) atoms. The molecule has 0 aliphatic rings. The number of hydrogen-bond donors (Lipinski definition) is 2. The molecule has 2 aromatic heterocycles. The lowest BCUT2D eigenvalue weighted by molar-refractivity contribution is 0.0699. The lowest BCUT2D eigenvalue weighted by Crippen LogP contribution is -1.96. The normalized spacial score (nSPS) is 11.1. The molecule has 2 aromatic carbocycles. The van der Waals surface area contributed by atoms with Gasteiger partial charge >= 0.3 is 5.97 Å². The largest absolute Gasteiger partial charge is 0.478 e. The molecule has 0 fully saturated rings. The molecule has 5 nitrogen and oxygen atoms in total. The summed E-state index contributed by atoms with van der Waals surface area (Å²) in [6.45, 7) is 0. The molecule has 2 heterocycles. The van der Waals surface area contributed by atoms with Crippen LogP contribution in [0.1, 0.15) is 10.4 Å². The second-order valence-electron chi connectivity index (χ2n) is 4.98. The molecule has 5 heteroatoms. The van der Waals surface area contributed by atoms with Gasteiger partial charge in [0.25, 0.3) is 0 Å². The molecule has 0 unspecified atom stereocenters. The van der Waals surface area contributed by atoms with Crippen LogP contribution in [0.5, 0.6) is 0 Å². The van der Waals surface area contributed by atoms with E-state index in [4.69, 9.17) is 0 Å². The van der Waals surface area contributed by atoms with Gasteiger partial charge in [-0.3, -0.25) is 0 Å². The number of rotatable bonds is 2. The number of carboxylic acids is 1. The molecule has 4 aromatic rings. The van der Waals surface area contributed by atoms with Gasteiger partial charge in [-0.2, -0.15) is 0 Å². The summed E-state index contributed by atoms with van der Waals surface area (Å²) in [5, 5.41) is 10.3. The third-order valence-corrected chi connectivity index (χ3v) is 3.58. The standard InChI is InChI=1S/C17H11N3O2/c21-17(22)11-5-3-7-13-15(11)20-16(19-13)14-9-8-10-4-1-2-6-12(10)18-14/h1-9H,(H,19,20)(H,21,22). The molecule has 0 aliphatic heterocycles. The van der Waals surface area contributed by atoms with Crippen molar-refractivity contribution < 1.29 is 9.90 Å². The van der Waals surface area contributed by atoms with E-state index < -0.39 is 5.97 Å². The van der Waals surface area contributed by atoms with E-state index in [0.717, 1.165) is 10.9 Å².